The van der Waals surface area contributed by atoms with Crippen molar-refractivity contribution in [3.8, 4) is 5.75 Å². The maximum absolute atomic E-state index is 12.2. The highest BCUT2D eigenvalue weighted by Crippen LogP contribution is 2.17. The topological polar surface area (TPSA) is 140 Å². The summed E-state index contributed by atoms with van der Waals surface area (Å²) in [4.78, 5) is 46.1. The molecule has 3 aromatic rings. The number of nitro benzene ring substituents is 1. The van der Waals surface area contributed by atoms with Crippen LogP contribution in [0.4, 0.5) is 11.4 Å². The van der Waals surface area contributed by atoms with Gasteiger partial charge in [-0.2, -0.15) is 5.10 Å². The molecule has 3 aromatic carbocycles. The molecule has 166 valence electrons. The molecule has 3 rings (SSSR count). The molecule has 0 saturated carbocycles. The Bertz CT molecular complexity index is 1230. The molecule has 0 spiro atoms. The van der Waals surface area contributed by atoms with Gasteiger partial charge in [-0.1, -0.05) is 28.1 Å². The highest BCUT2D eigenvalue weighted by atomic mass is 79.9. The maximum atomic E-state index is 12.2. The van der Waals surface area contributed by atoms with Crippen LogP contribution in [0.15, 0.2) is 82.4 Å². The summed E-state index contributed by atoms with van der Waals surface area (Å²) >= 11 is 3.27. The predicted molar refractivity (Wildman–Crippen MR) is 123 cm³/mol. The van der Waals surface area contributed by atoms with Crippen LogP contribution in [0.5, 0.6) is 5.75 Å². The maximum Gasteiger partial charge on any atom is 0.343 e. The first-order valence-electron chi connectivity index (χ1n) is 9.28. The number of halogens is 1. The summed E-state index contributed by atoms with van der Waals surface area (Å²) in [5, 5.41) is 16.9. The largest absolute Gasteiger partial charge is 0.423 e. The number of nitro groups is 1. The number of nitrogens with one attached hydrogen (secondary N) is 2. The van der Waals surface area contributed by atoms with Crippen molar-refractivity contribution in [1.82, 2.24) is 5.43 Å². The Morgan fingerprint density at radius 2 is 1.67 bits per heavy atom. The van der Waals surface area contributed by atoms with E-state index in [2.05, 4.69) is 31.8 Å². The zero-order valence-electron chi connectivity index (χ0n) is 16.7. The lowest BCUT2D eigenvalue weighted by molar-refractivity contribution is -0.384. The van der Waals surface area contributed by atoms with Crippen LogP contribution >= 0.6 is 15.9 Å². The number of carbonyl (C=O) groups excluding carboxylic acids is 3. The second-order valence-corrected chi connectivity index (χ2v) is 7.34. The zero-order valence-corrected chi connectivity index (χ0v) is 18.3. The van der Waals surface area contributed by atoms with Crippen molar-refractivity contribution >= 4 is 51.3 Å². The second-order valence-electron chi connectivity index (χ2n) is 6.43. The number of hydrogen-bond donors (Lipinski definition) is 2. The van der Waals surface area contributed by atoms with Gasteiger partial charge in [-0.15, -0.1) is 0 Å². The molecule has 0 aliphatic rings. The van der Waals surface area contributed by atoms with Gasteiger partial charge in [-0.25, -0.2) is 10.2 Å². The third-order valence-corrected chi connectivity index (χ3v) is 4.60. The van der Waals surface area contributed by atoms with Crippen molar-refractivity contribution < 1.29 is 24.0 Å². The molecule has 0 fully saturated rings. The Balaban J connectivity index is 1.56. The molecule has 0 atom stereocenters. The number of carbonyl (C=O) groups is 3. The van der Waals surface area contributed by atoms with Gasteiger partial charge in [0.15, 0.2) is 0 Å². The van der Waals surface area contributed by atoms with Crippen molar-refractivity contribution in [3.63, 3.8) is 0 Å². The van der Waals surface area contributed by atoms with Crippen LogP contribution in [-0.4, -0.2) is 28.9 Å². The summed E-state index contributed by atoms with van der Waals surface area (Å²) in [5.41, 5.74) is 3.04. The summed E-state index contributed by atoms with van der Waals surface area (Å²) in [7, 11) is 0. The number of rotatable bonds is 6. The van der Waals surface area contributed by atoms with Gasteiger partial charge >= 0.3 is 17.8 Å². The van der Waals surface area contributed by atoms with E-state index in [1.807, 2.05) is 0 Å². The van der Waals surface area contributed by atoms with E-state index in [9.17, 15) is 24.5 Å². The molecule has 10 nitrogen and oxygen atoms in total. The lowest BCUT2D eigenvalue weighted by Crippen LogP contribution is -2.32. The number of amides is 2. The van der Waals surface area contributed by atoms with Gasteiger partial charge in [0.05, 0.1) is 16.7 Å². The minimum absolute atomic E-state index is 0.141. The monoisotopic (exact) mass is 510 g/mol. The first-order chi connectivity index (χ1) is 15.8. The van der Waals surface area contributed by atoms with Gasteiger partial charge in [0, 0.05) is 22.3 Å². The van der Waals surface area contributed by atoms with E-state index in [0.29, 0.717) is 11.3 Å². The number of esters is 1. The molecule has 0 aliphatic heterocycles. The molecule has 0 saturated heterocycles. The minimum atomic E-state index is -0.963. The van der Waals surface area contributed by atoms with E-state index in [1.165, 1.54) is 42.6 Å². The SMILES string of the molecule is O=C(N/N=C/c1cccc(OC(=O)c2ccc([N+](=O)[O-])cc2)c1)C(=O)Nc1ccc(Br)cc1. The first-order valence-corrected chi connectivity index (χ1v) is 10.1. The quantitative estimate of drug-likeness (QED) is 0.129. The summed E-state index contributed by atoms with van der Waals surface area (Å²) in [6, 6.07) is 17.9. The lowest BCUT2D eigenvalue weighted by Gasteiger charge is -2.05. The summed E-state index contributed by atoms with van der Waals surface area (Å²) < 4.78 is 6.09. The Morgan fingerprint density at radius 1 is 0.970 bits per heavy atom. The summed E-state index contributed by atoms with van der Waals surface area (Å²) in [5.74, 6) is -2.35. The van der Waals surface area contributed by atoms with E-state index >= 15 is 0 Å². The molecule has 0 unspecified atom stereocenters. The number of benzene rings is 3. The predicted octanol–water partition coefficient (Wildman–Crippen LogP) is 3.67. The molecule has 0 heterocycles. The van der Waals surface area contributed by atoms with Crippen LogP contribution < -0.4 is 15.5 Å². The number of ether oxygens (including phenoxy) is 1. The Hall–Kier alpha value is -4.38. The highest BCUT2D eigenvalue weighted by Gasteiger charge is 2.13. The fourth-order valence-corrected chi connectivity index (χ4v) is 2.75. The molecule has 0 aliphatic carbocycles. The average Bonchev–Trinajstić information content (AvgIpc) is 2.80. The van der Waals surface area contributed by atoms with Crippen molar-refractivity contribution in [1.29, 1.82) is 0 Å². The van der Waals surface area contributed by atoms with Crippen molar-refractivity contribution in [2.45, 2.75) is 0 Å². The third-order valence-electron chi connectivity index (χ3n) is 4.07. The number of hydrazone groups is 1. The van der Waals surface area contributed by atoms with Crippen LogP contribution in [0.1, 0.15) is 15.9 Å². The molecule has 11 heteroatoms. The van der Waals surface area contributed by atoms with E-state index in [4.69, 9.17) is 4.74 Å². The molecule has 2 amide bonds. The smallest absolute Gasteiger partial charge is 0.343 e. The van der Waals surface area contributed by atoms with Gasteiger partial charge in [0.1, 0.15) is 5.75 Å². The average molecular weight is 511 g/mol. The van der Waals surface area contributed by atoms with E-state index in [0.717, 1.165) is 4.47 Å². The van der Waals surface area contributed by atoms with E-state index < -0.39 is 22.7 Å². The Labute approximate surface area is 195 Å². The lowest BCUT2D eigenvalue weighted by atomic mass is 10.2. The fraction of sp³-hybridized carbons (Fsp3) is 0. The number of nitrogens with zero attached hydrogens (tertiary/aromatic N) is 2. The van der Waals surface area contributed by atoms with Crippen molar-refractivity contribution in [3.05, 3.63) is 98.5 Å². The molecule has 0 aromatic heterocycles. The number of anilines is 1. The Kier molecular flexibility index (Phi) is 7.60. The van der Waals surface area contributed by atoms with Gasteiger partial charge in [0.2, 0.25) is 0 Å². The molecule has 0 bridgehead atoms. The van der Waals surface area contributed by atoms with Crippen LogP contribution in [0.2, 0.25) is 0 Å². The second kappa shape index (κ2) is 10.8. The van der Waals surface area contributed by atoms with Crippen molar-refractivity contribution in [2.24, 2.45) is 5.10 Å². The molecule has 2 N–H and O–H groups in total. The first kappa shape index (κ1) is 23.3. The van der Waals surface area contributed by atoms with Crippen LogP contribution in [0.3, 0.4) is 0 Å². The summed E-state index contributed by atoms with van der Waals surface area (Å²) in [6.07, 6.45) is 1.27. The molecule has 33 heavy (non-hydrogen) atoms. The van der Waals surface area contributed by atoms with Gasteiger partial charge in [0.25, 0.3) is 5.69 Å². The summed E-state index contributed by atoms with van der Waals surface area (Å²) in [6.45, 7) is 0. The van der Waals surface area contributed by atoms with Gasteiger partial charge in [-0.3, -0.25) is 19.7 Å². The van der Waals surface area contributed by atoms with E-state index in [-0.39, 0.29) is 17.0 Å². The number of hydrogen-bond acceptors (Lipinski definition) is 7. The van der Waals surface area contributed by atoms with Crippen molar-refractivity contribution in [2.75, 3.05) is 5.32 Å². The molecular formula is C22H15BrN4O6. The Morgan fingerprint density at radius 3 is 2.33 bits per heavy atom. The standard InChI is InChI=1S/C22H15BrN4O6/c23-16-6-8-17(9-7-16)25-20(28)21(29)26-24-13-14-2-1-3-19(12-14)33-22(30)15-4-10-18(11-5-15)27(31)32/h1-13H,(H,25,28)(H,26,29)/b24-13+. The van der Waals surface area contributed by atoms with Crippen LogP contribution in [0, 0.1) is 10.1 Å². The third kappa shape index (κ3) is 6.80. The van der Waals surface area contributed by atoms with Gasteiger partial charge in [-0.05, 0) is 54.1 Å². The van der Waals surface area contributed by atoms with Gasteiger partial charge < -0.3 is 10.1 Å². The number of non-ortho nitro benzene ring substituents is 1. The molecular weight excluding hydrogens is 496 g/mol. The van der Waals surface area contributed by atoms with E-state index in [1.54, 1.807) is 36.4 Å². The minimum Gasteiger partial charge on any atom is -0.423 e. The fourth-order valence-electron chi connectivity index (χ4n) is 2.48. The highest BCUT2D eigenvalue weighted by molar-refractivity contribution is 9.10. The zero-order chi connectivity index (χ0) is 23.8. The molecule has 0 radical (unpaired) electrons. The normalized spacial score (nSPS) is 10.5. The van der Waals surface area contributed by atoms with Crippen LogP contribution in [0.25, 0.3) is 0 Å². The van der Waals surface area contributed by atoms with Crippen LogP contribution in [-0.2, 0) is 9.59 Å².